The molecular formula is C28H32N6O3. The molecule has 192 valence electrons. The van der Waals surface area contributed by atoms with Crippen LogP contribution in [0.15, 0.2) is 61.3 Å². The molecule has 1 N–H and O–H groups in total. The molecule has 4 amide bonds. The first-order valence-corrected chi connectivity index (χ1v) is 12.6. The van der Waals surface area contributed by atoms with Crippen LogP contribution in [0.2, 0.25) is 0 Å². The number of hydrogen-bond donors (Lipinski definition) is 1. The SMILES string of the molecule is C=C1N(CC(=O)N2CCC(N3CCc4ccccc4NC3=O)CC2)C=C(c2ccncc2C)C(=O)N1C. The quantitative estimate of drug-likeness (QED) is 0.697. The zero-order valence-corrected chi connectivity index (χ0v) is 21.3. The number of amides is 4. The minimum atomic E-state index is -0.165. The molecule has 0 saturated carbocycles. The fourth-order valence-electron chi connectivity index (χ4n) is 5.28. The molecular weight excluding hydrogens is 468 g/mol. The van der Waals surface area contributed by atoms with Gasteiger partial charge in [-0.25, -0.2) is 4.79 Å². The summed E-state index contributed by atoms with van der Waals surface area (Å²) in [6.07, 6.45) is 7.36. The van der Waals surface area contributed by atoms with Crippen LogP contribution in [0.3, 0.4) is 0 Å². The predicted molar refractivity (Wildman–Crippen MR) is 141 cm³/mol. The van der Waals surface area contributed by atoms with E-state index in [2.05, 4.69) is 22.9 Å². The lowest BCUT2D eigenvalue weighted by atomic mass is 10.0. The van der Waals surface area contributed by atoms with E-state index in [9.17, 15) is 14.4 Å². The molecule has 1 fully saturated rings. The van der Waals surface area contributed by atoms with Crippen molar-refractivity contribution in [2.75, 3.05) is 38.5 Å². The van der Waals surface area contributed by atoms with Crippen LogP contribution in [0.5, 0.6) is 0 Å². The van der Waals surface area contributed by atoms with Gasteiger partial charge in [0, 0.05) is 57.0 Å². The van der Waals surface area contributed by atoms with Gasteiger partial charge in [-0.2, -0.15) is 0 Å². The van der Waals surface area contributed by atoms with Crippen LogP contribution in [-0.2, 0) is 16.0 Å². The molecule has 0 spiro atoms. The van der Waals surface area contributed by atoms with Crippen molar-refractivity contribution in [1.29, 1.82) is 0 Å². The van der Waals surface area contributed by atoms with Gasteiger partial charge in [0.1, 0.15) is 12.4 Å². The Morgan fingerprint density at radius 3 is 2.65 bits per heavy atom. The van der Waals surface area contributed by atoms with E-state index in [-0.39, 0.29) is 30.4 Å². The molecule has 0 bridgehead atoms. The maximum Gasteiger partial charge on any atom is 0.322 e. The normalized spacial score (nSPS) is 18.9. The molecule has 0 unspecified atom stereocenters. The predicted octanol–water partition coefficient (Wildman–Crippen LogP) is 3.06. The summed E-state index contributed by atoms with van der Waals surface area (Å²) in [6.45, 7) is 7.85. The van der Waals surface area contributed by atoms with E-state index in [4.69, 9.17) is 0 Å². The number of likely N-dealkylation sites (tertiary alicyclic amines) is 1. The number of carbonyl (C=O) groups excluding carboxylic acids is 3. The van der Waals surface area contributed by atoms with Gasteiger partial charge in [0.25, 0.3) is 5.91 Å². The molecule has 3 aliphatic heterocycles. The second-order valence-electron chi connectivity index (χ2n) is 9.78. The number of nitrogens with one attached hydrogen (secondary N) is 1. The second kappa shape index (κ2) is 10.1. The van der Waals surface area contributed by atoms with Gasteiger partial charge >= 0.3 is 6.03 Å². The maximum atomic E-state index is 13.3. The van der Waals surface area contributed by atoms with E-state index in [1.54, 1.807) is 30.5 Å². The molecule has 9 nitrogen and oxygen atoms in total. The average molecular weight is 501 g/mol. The van der Waals surface area contributed by atoms with Gasteiger partial charge < -0.3 is 20.0 Å². The van der Waals surface area contributed by atoms with E-state index in [0.29, 0.717) is 31.0 Å². The average Bonchev–Trinajstić information content (AvgIpc) is 3.07. The Morgan fingerprint density at radius 2 is 1.89 bits per heavy atom. The van der Waals surface area contributed by atoms with Crippen molar-refractivity contribution < 1.29 is 14.4 Å². The molecule has 37 heavy (non-hydrogen) atoms. The number of hydrogen-bond acceptors (Lipinski definition) is 5. The van der Waals surface area contributed by atoms with Crippen LogP contribution < -0.4 is 5.32 Å². The minimum Gasteiger partial charge on any atom is -0.341 e. The lowest BCUT2D eigenvalue weighted by Crippen LogP contribution is -2.51. The summed E-state index contributed by atoms with van der Waals surface area (Å²) >= 11 is 0. The van der Waals surface area contributed by atoms with Crippen LogP contribution in [0.4, 0.5) is 10.5 Å². The molecule has 0 radical (unpaired) electrons. The van der Waals surface area contributed by atoms with Crippen molar-refractivity contribution in [1.82, 2.24) is 24.6 Å². The summed E-state index contributed by atoms with van der Waals surface area (Å²) in [5.41, 5.74) is 4.20. The Morgan fingerprint density at radius 1 is 1.14 bits per heavy atom. The third-order valence-corrected chi connectivity index (χ3v) is 7.55. The minimum absolute atomic E-state index is 0.0304. The Kier molecular flexibility index (Phi) is 6.69. The molecule has 1 aromatic carbocycles. The number of urea groups is 1. The number of anilines is 1. The molecule has 1 aromatic heterocycles. The van der Waals surface area contributed by atoms with Gasteiger partial charge in [-0.15, -0.1) is 0 Å². The Labute approximate surface area is 217 Å². The van der Waals surface area contributed by atoms with Crippen molar-refractivity contribution in [3.05, 3.63) is 78.0 Å². The van der Waals surface area contributed by atoms with Crippen molar-refractivity contribution in [3.8, 4) is 0 Å². The number of benzene rings is 1. The number of aryl methyl sites for hydroxylation is 1. The smallest absolute Gasteiger partial charge is 0.322 e. The lowest BCUT2D eigenvalue weighted by molar-refractivity contribution is -0.134. The molecule has 1 saturated heterocycles. The molecule has 3 aliphatic rings. The number of rotatable bonds is 4. The molecule has 0 aliphatic carbocycles. The van der Waals surface area contributed by atoms with Gasteiger partial charge in [0.2, 0.25) is 5.91 Å². The van der Waals surface area contributed by atoms with Crippen LogP contribution in [0, 0.1) is 6.92 Å². The Hall–Kier alpha value is -4.14. The maximum absolute atomic E-state index is 13.3. The highest BCUT2D eigenvalue weighted by atomic mass is 16.2. The van der Waals surface area contributed by atoms with Crippen LogP contribution in [-0.4, -0.2) is 81.7 Å². The highest BCUT2D eigenvalue weighted by molar-refractivity contribution is 6.21. The summed E-state index contributed by atoms with van der Waals surface area (Å²) in [5.74, 6) is 0.267. The van der Waals surface area contributed by atoms with Crippen molar-refractivity contribution in [2.45, 2.75) is 32.2 Å². The summed E-state index contributed by atoms with van der Waals surface area (Å²) < 4.78 is 0. The number of aromatic nitrogens is 1. The van der Waals surface area contributed by atoms with Crippen LogP contribution >= 0.6 is 0 Å². The summed E-state index contributed by atoms with van der Waals surface area (Å²) in [6, 6.07) is 9.74. The largest absolute Gasteiger partial charge is 0.341 e. The van der Waals surface area contributed by atoms with Crippen molar-refractivity contribution in [3.63, 3.8) is 0 Å². The zero-order chi connectivity index (χ0) is 26.1. The first kappa shape index (κ1) is 24.5. The molecule has 5 rings (SSSR count). The summed E-state index contributed by atoms with van der Waals surface area (Å²) in [7, 11) is 1.67. The number of para-hydroxylation sites is 1. The van der Waals surface area contributed by atoms with Crippen molar-refractivity contribution in [2.24, 2.45) is 0 Å². The monoisotopic (exact) mass is 500 g/mol. The van der Waals surface area contributed by atoms with E-state index in [1.807, 2.05) is 41.0 Å². The Bertz CT molecular complexity index is 1280. The molecule has 9 heteroatoms. The highest BCUT2D eigenvalue weighted by Crippen LogP contribution is 2.29. The topological polar surface area (TPSA) is 89.1 Å². The summed E-state index contributed by atoms with van der Waals surface area (Å²) in [5, 5.41) is 3.04. The van der Waals surface area contributed by atoms with Crippen molar-refractivity contribution >= 4 is 29.1 Å². The number of fused-ring (bicyclic) bond motifs is 1. The summed E-state index contributed by atoms with van der Waals surface area (Å²) in [4.78, 5) is 50.2. The Balaban J connectivity index is 1.23. The molecule has 0 atom stereocenters. The number of piperidine rings is 1. The first-order valence-electron chi connectivity index (χ1n) is 12.6. The zero-order valence-electron chi connectivity index (χ0n) is 21.3. The lowest BCUT2D eigenvalue weighted by Gasteiger charge is -2.39. The number of likely N-dealkylation sites (N-methyl/N-ethyl adjacent to an activating group) is 1. The van der Waals surface area contributed by atoms with Crippen LogP contribution in [0.1, 0.15) is 29.5 Å². The molecule has 2 aromatic rings. The highest BCUT2D eigenvalue weighted by Gasteiger charge is 2.33. The van der Waals surface area contributed by atoms with Gasteiger partial charge in [0.05, 0.1) is 5.57 Å². The first-order chi connectivity index (χ1) is 17.8. The fraction of sp³-hybridized carbons (Fsp3) is 0.357. The van der Waals surface area contributed by atoms with Gasteiger partial charge in [-0.05, 0) is 55.0 Å². The van der Waals surface area contributed by atoms with E-state index in [0.717, 1.165) is 41.6 Å². The molecule has 4 heterocycles. The van der Waals surface area contributed by atoms with E-state index in [1.165, 1.54) is 4.90 Å². The number of pyridine rings is 1. The van der Waals surface area contributed by atoms with E-state index >= 15 is 0 Å². The third-order valence-electron chi connectivity index (χ3n) is 7.55. The van der Waals surface area contributed by atoms with Gasteiger partial charge in [-0.3, -0.25) is 19.5 Å². The second-order valence-corrected chi connectivity index (χ2v) is 9.78. The number of nitrogens with zero attached hydrogens (tertiary/aromatic N) is 5. The standard InChI is InChI=1S/C28H32N6O3/c1-19-16-29-12-8-23(19)24-17-33(20(2)31(3)27(24)36)18-26(35)32-13-10-22(11-14-32)34-15-9-21-6-4-5-7-25(21)30-28(34)37/h4-8,12,16-17,22H,2,9-11,13-15,18H2,1,3H3,(H,30,37). The third kappa shape index (κ3) is 4.81. The van der Waals surface area contributed by atoms with Gasteiger partial charge in [-0.1, -0.05) is 24.8 Å². The number of carbonyl (C=O) groups is 3. The van der Waals surface area contributed by atoms with Crippen LogP contribution in [0.25, 0.3) is 5.57 Å². The van der Waals surface area contributed by atoms with E-state index < -0.39 is 0 Å². The fourth-order valence-corrected chi connectivity index (χ4v) is 5.28. The van der Waals surface area contributed by atoms with Gasteiger partial charge in [0.15, 0.2) is 0 Å².